The van der Waals surface area contributed by atoms with Crippen LogP contribution in [0.1, 0.15) is 77.0 Å². The summed E-state index contributed by atoms with van der Waals surface area (Å²) in [4.78, 5) is 31.0. The fourth-order valence-electron chi connectivity index (χ4n) is 7.41. The number of nitrogens with zero attached hydrogens (tertiary/aromatic N) is 3. The molecule has 0 radical (unpaired) electrons. The monoisotopic (exact) mass is 470 g/mol. The van der Waals surface area contributed by atoms with Gasteiger partial charge in [-0.3, -0.25) is 14.5 Å². The molecular formula is C27H42N4O3. The van der Waals surface area contributed by atoms with Gasteiger partial charge in [0.1, 0.15) is 5.54 Å². The van der Waals surface area contributed by atoms with E-state index in [4.69, 9.17) is 4.74 Å². The van der Waals surface area contributed by atoms with Gasteiger partial charge in [0, 0.05) is 44.6 Å². The molecule has 0 bridgehead atoms. The Labute approximate surface area is 204 Å². The maximum Gasteiger partial charge on any atom is 0.224 e. The number of nitriles is 1. The lowest BCUT2D eigenvalue weighted by Crippen LogP contribution is -2.53. The van der Waals surface area contributed by atoms with E-state index < -0.39 is 5.54 Å². The van der Waals surface area contributed by atoms with Gasteiger partial charge in [-0.15, -0.1) is 0 Å². The highest BCUT2D eigenvalue weighted by atomic mass is 16.5. The third-order valence-corrected chi connectivity index (χ3v) is 9.51. The fraction of sp³-hybridized carbons (Fsp3) is 0.889. The number of morpholine rings is 1. The molecule has 3 aliphatic carbocycles. The van der Waals surface area contributed by atoms with Gasteiger partial charge in [-0.2, -0.15) is 5.26 Å². The molecule has 2 heterocycles. The molecular weight excluding hydrogens is 428 g/mol. The summed E-state index contributed by atoms with van der Waals surface area (Å²) in [6, 6.07) is 3.03. The van der Waals surface area contributed by atoms with Crippen LogP contribution in [0.5, 0.6) is 0 Å². The van der Waals surface area contributed by atoms with Gasteiger partial charge < -0.3 is 15.0 Å². The summed E-state index contributed by atoms with van der Waals surface area (Å²) in [5.74, 6) is 1.74. The minimum Gasteiger partial charge on any atom is -0.378 e. The van der Waals surface area contributed by atoms with E-state index in [-0.39, 0.29) is 24.2 Å². The molecule has 7 heteroatoms. The number of ether oxygens (including phenoxy) is 1. The van der Waals surface area contributed by atoms with Crippen molar-refractivity contribution in [1.29, 1.82) is 5.26 Å². The summed E-state index contributed by atoms with van der Waals surface area (Å²) in [5.41, 5.74) is -0.814. The number of amides is 2. The lowest BCUT2D eigenvalue weighted by molar-refractivity contribution is -0.140. The van der Waals surface area contributed by atoms with Crippen LogP contribution in [0.4, 0.5) is 0 Å². The molecule has 0 spiro atoms. The normalized spacial score (nSPS) is 35.3. The molecule has 5 aliphatic rings. The minimum absolute atomic E-state index is 0.0633. The second kappa shape index (κ2) is 10.5. The van der Waals surface area contributed by atoms with Crippen molar-refractivity contribution in [2.45, 2.75) is 88.6 Å². The molecule has 2 aliphatic heterocycles. The summed E-state index contributed by atoms with van der Waals surface area (Å²) in [6.07, 6.45) is 13.2. The van der Waals surface area contributed by atoms with Gasteiger partial charge in [0.2, 0.25) is 11.8 Å². The summed E-state index contributed by atoms with van der Waals surface area (Å²) < 4.78 is 5.40. The number of carbonyl (C=O) groups excluding carboxylic acids is 2. The van der Waals surface area contributed by atoms with E-state index in [0.717, 1.165) is 24.8 Å². The van der Waals surface area contributed by atoms with Gasteiger partial charge in [0.25, 0.3) is 0 Å². The quantitative estimate of drug-likeness (QED) is 0.618. The lowest BCUT2D eigenvalue weighted by atomic mass is 9.92. The minimum atomic E-state index is -0.814. The van der Waals surface area contributed by atoms with Gasteiger partial charge in [-0.05, 0) is 56.3 Å². The lowest BCUT2D eigenvalue weighted by Gasteiger charge is -2.33. The van der Waals surface area contributed by atoms with Crippen LogP contribution >= 0.6 is 0 Å². The van der Waals surface area contributed by atoms with Crippen LogP contribution in [-0.2, 0) is 14.3 Å². The zero-order valence-corrected chi connectivity index (χ0v) is 20.7. The van der Waals surface area contributed by atoms with Gasteiger partial charge in [-0.25, -0.2) is 0 Å². The third kappa shape index (κ3) is 5.28. The van der Waals surface area contributed by atoms with E-state index in [1.165, 1.54) is 57.8 Å². The van der Waals surface area contributed by atoms with E-state index in [0.29, 0.717) is 51.2 Å². The van der Waals surface area contributed by atoms with Crippen LogP contribution in [0.15, 0.2) is 0 Å². The number of hydrogen-bond donors (Lipinski definition) is 1. The number of nitrogens with one attached hydrogen (secondary N) is 1. The van der Waals surface area contributed by atoms with Crippen LogP contribution in [0.2, 0.25) is 0 Å². The number of hydrogen-bond acceptors (Lipinski definition) is 5. The first kappa shape index (κ1) is 24.1. The fourth-order valence-corrected chi connectivity index (χ4v) is 7.41. The number of carbonyl (C=O) groups is 2. The molecule has 0 aromatic heterocycles. The summed E-state index contributed by atoms with van der Waals surface area (Å²) in [6.45, 7) is 3.87. The van der Waals surface area contributed by atoms with Crippen LogP contribution < -0.4 is 5.32 Å². The Kier molecular flexibility index (Phi) is 7.46. The van der Waals surface area contributed by atoms with Crippen molar-refractivity contribution < 1.29 is 14.3 Å². The number of rotatable bonds is 7. The van der Waals surface area contributed by atoms with Crippen molar-refractivity contribution >= 4 is 11.8 Å². The first-order valence-corrected chi connectivity index (χ1v) is 13.9. The largest absolute Gasteiger partial charge is 0.378 e. The molecule has 0 aromatic carbocycles. The van der Waals surface area contributed by atoms with E-state index in [1.54, 1.807) is 0 Å². The molecule has 1 N–H and O–H groups in total. The smallest absolute Gasteiger partial charge is 0.224 e. The molecule has 0 aromatic rings. The highest BCUT2D eigenvalue weighted by Gasteiger charge is 2.52. The van der Waals surface area contributed by atoms with Gasteiger partial charge in [0.15, 0.2) is 0 Å². The predicted octanol–water partition coefficient (Wildman–Crippen LogP) is 3.09. The van der Waals surface area contributed by atoms with Gasteiger partial charge in [-0.1, -0.05) is 32.1 Å². The number of fused-ring (bicyclic) bond motifs is 1. The highest BCUT2D eigenvalue weighted by molar-refractivity contribution is 5.86. The molecule has 2 amide bonds. The molecule has 7 nitrogen and oxygen atoms in total. The standard InChI is InChI=1S/C27H42N4O3/c28-18-27(10-11-31(19-27)21-6-2-1-3-7-21)29-26(33)20(16-24-22-8-4-5-9-23(22)24)17-25(32)30-12-14-34-15-13-30/h20-24H,1-17,19H2,(H,29,33). The Morgan fingerprint density at radius 1 is 1.00 bits per heavy atom. The van der Waals surface area contributed by atoms with Crippen molar-refractivity contribution in [2.24, 2.45) is 23.7 Å². The Morgan fingerprint density at radius 3 is 2.35 bits per heavy atom. The Hall–Kier alpha value is -1.65. The van der Waals surface area contributed by atoms with Crippen molar-refractivity contribution in [2.75, 3.05) is 39.4 Å². The summed E-state index contributed by atoms with van der Waals surface area (Å²) in [5, 5.41) is 13.3. The van der Waals surface area contributed by atoms with Crippen molar-refractivity contribution in [3.8, 4) is 6.07 Å². The summed E-state index contributed by atoms with van der Waals surface area (Å²) in [7, 11) is 0. The molecule has 4 unspecified atom stereocenters. The van der Waals surface area contributed by atoms with Crippen LogP contribution in [-0.4, -0.2) is 72.6 Å². The van der Waals surface area contributed by atoms with E-state index in [1.807, 2.05) is 4.90 Å². The van der Waals surface area contributed by atoms with Crippen molar-refractivity contribution in [1.82, 2.24) is 15.1 Å². The van der Waals surface area contributed by atoms with Crippen molar-refractivity contribution in [3.63, 3.8) is 0 Å². The van der Waals surface area contributed by atoms with E-state index in [9.17, 15) is 14.9 Å². The second-order valence-electron chi connectivity index (χ2n) is 11.6. The molecule has 5 fully saturated rings. The molecule has 34 heavy (non-hydrogen) atoms. The van der Waals surface area contributed by atoms with Gasteiger partial charge >= 0.3 is 0 Å². The highest BCUT2D eigenvalue weighted by Crippen LogP contribution is 2.58. The average molecular weight is 471 g/mol. The zero-order valence-electron chi connectivity index (χ0n) is 20.7. The SMILES string of the molecule is N#CC1(NC(=O)C(CC(=O)N2CCOCC2)CC2C3CCCCC32)CCN(C2CCCCC2)C1. The molecule has 4 atom stereocenters. The predicted molar refractivity (Wildman–Crippen MR) is 129 cm³/mol. The Morgan fingerprint density at radius 2 is 1.68 bits per heavy atom. The Balaban J connectivity index is 1.24. The topological polar surface area (TPSA) is 85.7 Å². The molecule has 188 valence electrons. The first-order chi connectivity index (χ1) is 16.6. The zero-order chi connectivity index (χ0) is 23.5. The van der Waals surface area contributed by atoms with Gasteiger partial charge in [0.05, 0.1) is 19.3 Å². The third-order valence-electron chi connectivity index (χ3n) is 9.51. The number of likely N-dealkylation sites (tertiary alicyclic amines) is 1. The van der Waals surface area contributed by atoms with Crippen LogP contribution in [0, 0.1) is 35.0 Å². The summed E-state index contributed by atoms with van der Waals surface area (Å²) >= 11 is 0. The second-order valence-corrected chi connectivity index (χ2v) is 11.6. The average Bonchev–Trinajstić information content (AvgIpc) is 3.41. The molecule has 3 saturated carbocycles. The maximum atomic E-state index is 13.7. The van der Waals surface area contributed by atoms with E-state index in [2.05, 4.69) is 16.3 Å². The maximum absolute atomic E-state index is 13.7. The van der Waals surface area contributed by atoms with E-state index >= 15 is 0 Å². The van der Waals surface area contributed by atoms with Crippen molar-refractivity contribution in [3.05, 3.63) is 0 Å². The van der Waals surface area contributed by atoms with Crippen LogP contribution in [0.25, 0.3) is 0 Å². The Bertz CT molecular complexity index is 773. The molecule has 2 saturated heterocycles. The first-order valence-electron chi connectivity index (χ1n) is 13.9. The van der Waals surface area contributed by atoms with Crippen LogP contribution in [0.3, 0.4) is 0 Å². The molecule has 5 rings (SSSR count).